The van der Waals surface area contributed by atoms with Crippen LogP contribution in [0.4, 0.5) is 0 Å². The highest BCUT2D eigenvalue weighted by molar-refractivity contribution is 5.85. The second kappa shape index (κ2) is 11.7. The monoisotopic (exact) mass is 417 g/mol. The molecule has 7 heteroatoms. The number of nitrogens with zero attached hydrogens (tertiary/aromatic N) is 2. The van der Waals surface area contributed by atoms with Crippen LogP contribution in [0, 0.1) is 5.92 Å². The van der Waals surface area contributed by atoms with E-state index in [-0.39, 0.29) is 30.9 Å². The Morgan fingerprint density at radius 3 is 2.33 bits per heavy atom. The summed E-state index contributed by atoms with van der Waals surface area (Å²) in [6.07, 6.45) is 4.01. The number of carbonyl (C=O) groups is 1. The number of rotatable bonds is 6. The predicted octanol–water partition coefficient (Wildman–Crippen LogP) is 3.09. The van der Waals surface area contributed by atoms with Gasteiger partial charge in [0, 0.05) is 45.2 Å². The van der Waals surface area contributed by atoms with Gasteiger partial charge in [0.1, 0.15) is 5.75 Å². The van der Waals surface area contributed by atoms with Crippen LogP contribution >= 0.6 is 24.8 Å². The van der Waals surface area contributed by atoms with Crippen molar-refractivity contribution in [2.75, 3.05) is 32.8 Å². The summed E-state index contributed by atoms with van der Waals surface area (Å²) in [7, 11) is 0. The number of hydrogen-bond acceptors (Lipinski definition) is 4. The van der Waals surface area contributed by atoms with Crippen molar-refractivity contribution in [3.05, 3.63) is 29.8 Å². The zero-order valence-corrected chi connectivity index (χ0v) is 17.8. The number of hydrogen-bond donors (Lipinski definition) is 1. The molecule has 154 valence electrons. The van der Waals surface area contributed by atoms with E-state index in [4.69, 9.17) is 10.5 Å². The predicted molar refractivity (Wildman–Crippen MR) is 114 cm³/mol. The lowest BCUT2D eigenvalue weighted by Crippen LogP contribution is -2.49. The summed E-state index contributed by atoms with van der Waals surface area (Å²) in [4.78, 5) is 16.9. The summed E-state index contributed by atoms with van der Waals surface area (Å²) in [5.74, 6) is 1.62. The minimum Gasteiger partial charge on any atom is -0.494 e. The second-order valence-corrected chi connectivity index (χ2v) is 7.29. The maximum atomic E-state index is 12.5. The molecule has 1 amide bonds. The molecule has 1 aromatic rings. The van der Waals surface area contributed by atoms with Crippen molar-refractivity contribution in [1.29, 1.82) is 0 Å². The smallest absolute Gasteiger partial charge is 0.222 e. The number of nitrogens with two attached hydrogens (primary N) is 1. The first-order chi connectivity index (χ1) is 12.2. The zero-order valence-electron chi connectivity index (χ0n) is 16.1. The van der Waals surface area contributed by atoms with Crippen LogP contribution in [-0.4, -0.2) is 54.5 Å². The van der Waals surface area contributed by atoms with E-state index in [0.717, 1.165) is 51.3 Å². The first kappa shape index (κ1) is 24.0. The Labute approximate surface area is 175 Å². The van der Waals surface area contributed by atoms with Gasteiger partial charge in [-0.15, -0.1) is 24.8 Å². The van der Waals surface area contributed by atoms with Gasteiger partial charge in [-0.1, -0.05) is 18.6 Å². The molecule has 0 radical (unpaired) electrons. The molecule has 1 saturated heterocycles. The first-order valence-electron chi connectivity index (χ1n) is 9.63. The molecule has 27 heavy (non-hydrogen) atoms. The van der Waals surface area contributed by atoms with E-state index in [9.17, 15) is 4.79 Å². The number of ether oxygens (including phenoxy) is 1. The Balaban J connectivity index is 0.00000182. The maximum Gasteiger partial charge on any atom is 0.222 e. The number of amides is 1. The highest BCUT2D eigenvalue weighted by atomic mass is 35.5. The van der Waals surface area contributed by atoms with Crippen molar-refractivity contribution >= 4 is 30.7 Å². The van der Waals surface area contributed by atoms with Crippen molar-refractivity contribution in [3.63, 3.8) is 0 Å². The quantitative estimate of drug-likeness (QED) is 0.772. The largest absolute Gasteiger partial charge is 0.494 e. The van der Waals surface area contributed by atoms with E-state index >= 15 is 0 Å². The second-order valence-electron chi connectivity index (χ2n) is 7.29. The number of piperazine rings is 1. The van der Waals surface area contributed by atoms with Gasteiger partial charge in [0.05, 0.1) is 6.61 Å². The Bertz CT molecular complexity index is 563. The van der Waals surface area contributed by atoms with Gasteiger partial charge in [0.2, 0.25) is 5.91 Å². The molecule has 0 aromatic heterocycles. The molecule has 1 aliphatic carbocycles. The molecule has 1 heterocycles. The van der Waals surface area contributed by atoms with Gasteiger partial charge in [-0.2, -0.15) is 0 Å². The molecule has 0 unspecified atom stereocenters. The molecule has 0 bridgehead atoms. The highest BCUT2D eigenvalue weighted by Crippen LogP contribution is 2.27. The lowest BCUT2D eigenvalue weighted by atomic mass is 9.99. The van der Waals surface area contributed by atoms with Gasteiger partial charge in [-0.3, -0.25) is 9.69 Å². The summed E-state index contributed by atoms with van der Waals surface area (Å²) in [6.45, 7) is 7.17. The van der Waals surface area contributed by atoms with E-state index in [2.05, 4.69) is 17.0 Å². The summed E-state index contributed by atoms with van der Waals surface area (Å²) in [5, 5.41) is 0. The van der Waals surface area contributed by atoms with Crippen molar-refractivity contribution in [3.8, 4) is 5.75 Å². The Hall–Kier alpha value is -1.01. The van der Waals surface area contributed by atoms with Crippen LogP contribution in [0.1, 0.15) is 38.2 Å². The minimum absolute atomic E-state index is 0. The third-order valence-corrected chi connectivity index (χ3v) is 5.52. The van der Waals surface area contributed by atoms with Gasteiger partial charge in [0.15, 0.2) is 0 Å². The van der Waals surface area contributed by atoms with E-state index in [1.807, 2.05) is 24.0 Å². The minimum atomic E-state index is 0. The van der Waals surface area contributed by atoms with Crippen LogP contribution in [0.25, 0.3) is 0 Å². The van der Waals surface area contributed by atoms with Crippen LogP contribution in [0.5, 0.6) is 5.75 Å². The van der Waals surface area contributed by atoms with Gasteiger partial charge in [-0.05, 0) is 43.4 Å². The first-order valence-corrected chi connectivity index (χ1v) is 9.63. The molecular formula is C20H33Cl2N3O2. The Morgan fingerprint density at radius 2 is 1.78 bits per heavy atom. The molecule has 2 N–H and O–H groups in total. The van der Waals surface area contributed by atoms with Crippen molar-refractivity contribution in [2.24, 2.45) is 11.7 Å². The average Bonchev–Trinajstić information content (AvgIpc) is 3.02. The van der Waals surface area contributed by atoms with Crippen LogP contribution in [-0.2, 0) is 11.3 Å². The SMILES string of the molecule is CCOc1ccc(CN2CCN(C(=O)C[C@@H]3CCC[C@H]3N)CC2)cc1.Cl.Cl. The van der Waals surface area contributed by atoms with Crippen LogP contribution in [0.2, 0.25) is 0 Å². The normalized spacial score (nSPS) is 22.7. The Morgan fingerprint density at radius 1 is 1.11 bits per heavy atom. The number of carbonyl (C=O) groups excluding carboxylic acids is 1. The number of halogens is 2. The van der Waals surface area contributed by atoms with Gasteiger partial charge in [0.25, 0.3) is 0 Å². The Kier molecular flexibility index (Phi) is 10.5. The van der Waals surface area contributed by atoms with Crippen LogP contribution < -0.4 is 10.5 Å². The molecule has 1 aliphatic heterocycles. The average molecular weight is 418 g/mol. The van der Waals surface area contributed by atoms with Crippen LogP contribution in [0.3, 0.4) is 0 Å². The molecule has 1 aromatic carbocycles. The van der Waals surface area contributed by atoms with E-state index in [1.54, 1.807) is 0 Å². The third kappa shape index (κ3) is 6.83. The van der Waals surface area contributed by atoms with Crippen molar-refractivity contribution < 1.29 is 9.53 Å². The lowest BCUT2D eigenvalue weighted by molar-refractivity contribution is -0.134. The van der Waals surface area contributed by atoms with E-state index < -0.39 is 0 Å². The highest BCUT2D eigenvalue weighted by Gasteiger charge is 2.29. The third-order valence-electron chi connectivity index (χ3n) is 5.52. The molecule has 5 nitrogen and oxygen atoms in total. The molecular weight excluding hydrogens is 385 g/mol. The summed E-state index contributed by atoms with van der Waals surface area (Å²) in [6, 6.07) is 8.55. The summed E-state index contributed by atoms with van der Waals surface area (Å²) >= 11 is 0. The lowest BCUT2D eigenvalue weighted by Gasteiger charge is -2.35. The molecule has 2 fully saturated rings. The molecule has 2 aliphatic rings. The van der Waals surface area contributed by atoms with E-state index in [0.29, 0.717) is 24.9 Å². The molecule has 1 saturated carbocycles. The molecule has 3 rings (SSSR count). The summed E-state index contributed by atoms with van der Waals surface area (Å²) in [5.41, 5.74) is 7.40. The van der Waals surface area contributed by atoms with Gasteiger partial charge in [-0.25, -0.2) is 0 Å². The topological polar surface area (TPSA) is 58.8 Å². The van der Waals surface area contributed by atoms with Crippen LogP contribution in [0.15, 0.2) is 24.3 Å². The van der Waals surface area contributed by atoms with Crippen molar-refractivity contribution in [2.45, 2.75) is 45.2 Å². The maximum absolute atomic E-state index is 12.5. The number of benzene rings is 1. The van der Waals surface area contributed by atoms with Gasteiger partial charge >= 0.3 is 0 Å². The zero-order chi connectivity index (χ0) is 17.6. The summed E-state index contributed by atoms with van der Waals surface area (Å²) < 4.78 is 5.49. The standard InChI is InChI=1S/C20H31N3O2.2ClH/c1-2-25-18-8-6-16(7-9-18)15-22-10-12-23(13-11-22)20(24)14-17-4-3-5-19(17)21;;/h6-9,17,19H,2-5,10-15,21H2,1H3;2*1H/t17-,19+;;/m0../s1. The van der Waals surface area contributed by atoms with Gasteiger partial charge < -0.3 is 15.4 Å². The van der Waals surface area contributed by atoms with E-state index in [1.165, 1.54) is 12.0 Å². The fourth-order valence-electron chi connectivity index (χ4n) is 3.94. The fraction of sp³-hybridized carbons (Fsp3) is 0.650. The van der Waals surface area contributed by atoms with Crippen molar-refractivity contribution in [1.82, 2.24) is 9.80 Å². The molecule has 0 spiro atoms. The fourth-order valence-corrected chi connectivity index (χ4v) is 3.94. The molecule has 2 atom stereocenters.